The van der Waals surface area contributed by atoms with E-state index in [1.54, 1.807) is 0 Å². The van der Waals surface area contributed by atoms with E-state index in [0.29, 0.717) is 12.3 Å². The third-order valence-electron chi connectivity index (χ3n) is 3.50. The number of carbonyl (C=O) groups excluding carboxylic acids is 1. The van der Waals surface area contributed by atoms with E-state index in [9.17, 15) is 4.79 Å². The minimum atomic E-state index is 0.149. The third-order valence-corrected chi connectivity index (χ3v) is 3.69. The molecule has 0 aromatic heterocycles. The fourth-order valence-electron chi connectivity index (χ4n) is 2.71. The summed E-state index contributed by atoms with van der Waals surface area (Å²) in [6.07, 6.45) is 2.61. The molecule has 2 aromatic rings. The number of carbonyl (C=O) groups is 1. The second-order valence-corrected chi connectivity index (χ2v) is 4.85. The summed E-state index contributed by atoms with van der Waals surface area (Å²) in [5, 5.41) is 2.40. The van der Waals surface area contributed by atoms with Crippen molar-refractivity contribution >= 4 is 28.2 Å². The van der Waals surface area contributed by atoms with Crippen LogP contribution in [0.3, 0.4) is 0 Å². The van der Waals surface area contributed by atoms with Gasteiger partial charge in [0.15, 0.2) is 5.78 Å². The summed E-state index contributed by atoms with van der Waals surface area (Å²) >= 11 is 5.65. The number of Topliss-reactive ketones (excluding diaryl/α,β-unsaturated/α-hetero) is 1. The number of benzene rings is 2. The lowest BCUT2D eigenvalue weighted by Crippen LogP contribution is -2.01. The van der Waals surface area contributed by atoms with Crippen LogP contribution in [0.2, 0.25) is 0 Å². The van der Waals surface area contributed by atoms with Crippen molar-refractivity contribution in [3.63, 3.8) is 0 Å². The molecule has 0 saturated heterocycles. The average molecular weight is 245 g/mol. The van der Waals surface area contributed by atoms with Gasteiger partial charge >= 0.3 is 0 Å². The molecular formula is C15H13ClO. The molecule has 0 atom stereocenters. The zero-order chi connectivity index (χ0) is 11.8. The monoisotopic (exact) mass is 244 g/mol. The summed E-state index contributed by atoms with van der Waals surface area (Å²) in [5.74, 6) is 0.539. The van der Waals surface area contributed by atoms with Gasteiger partial charge in [0.2, 0.25) is 0 Å². The average Bonchev–Trinajstić information content (AvgIpc) is 2.76. The number of ketones is 1. The summed E-state index contributed by atoms with van der Waals surface area (Å²) in [6, 6.07) is 10.3. The Morgan fingerprint density at radius 3 is 2.65 bits per heavy atom. The first-order valence-electron chi connectivity index (χ1n) is 5.94. The SMILES string of the molecule is O=C(CCCl)c1ccc2c3c(cccc13)CC2. The van der Waals surface area contributed by atoms with Crippen molar-refractivity contribution in [1.82, 2.24) is 0 Å². The summed E-state index contributed by atoms with van der Waals surface area (Å²) in [5.41, 5.74) is 3.57. The molecule has 3 rings (SSSR count). The van der Waals surface area contributed by atoms with Gasteiger partial charge in [-0.15, -0.1) is 11.6 Å². The van der Waals surface area contributed by atoms with Gasteiger partial charge in [0, 0.05) is 17.9 Å². The van der Waals surface area contributed by atoms with Crippen molar-refractivity contribution in [2.45, 2.75) is 19.3 Å². The molecule has 1 aliphatic carbocycles. The first-order chi connectivity index (χ1) is 8.31. The Balaban J connectivity index is 2.25. The van der Waals surface area contributed by atoms with E-state index in [1.807, 2.05) is 12.1 Å². The largest absolute Gasteiger partial charge is 0.294 e. The predicted molar refractivity (Wildman–Crippen MR) is 71.0 cm³/mol. The predicted octanol–water partition coefficient (Wildman–Crippen LogP) is 3.75. The molecule has 0 bridgehead atoms. The smallest absolute Gasteiger partial charge is 0.164 e. The van der Waals surface area contributed by atoms with Gasteiger partial charge in [-0.25, -0.2) is 0 Å². The van der Waals surface area contributed by atoms with Crippen LogP contribution in [0.25, 0.3) is 10.8 Å². The second-order valence-electron chi connectivity index (χ2n) is 4.47. The van der Waals surface area contributed by atoms with Crippen molar-refractivity contribution in [2.75, 3.05) is 5.88 Å². The number of alkyl halides is 1. The summed E-state index contributed by atoms with van der Waals surface area (Å²) in [6.45, 7) is 0. The van der Waals surface area contributed by atoms with Crippen LogP contribution in [-0.4, -0.2) is 11.7 Å². The zero-order valence-electron chi connectivity index (χ0n) is 9.50. The molecule has 0 amide bonds. The van der Waals surface area contributed by atoms with Gasteiger partial charge in [0.25, 0.3) is 0 Å². The van der Waals surface area contributed by atoms with E-state index >= 15 is 0 Å². The van der Waals surface area contributed by atoms with Crippen LogP contribution in [-0.2, 0) is 12.8 Å². The van der Waals surface area contributed by atoms with E-state index in [2.05, 4.69) is 18.2 Å². The molecule has 2 heteroatoms. The van der Waals surface area contributed by atoms with Crippen LogP contribution in [0.1, 0.15) is 27.9 Å². The minimum absolute atomic E-state index is 0.149. The number of halogens is 1. The van der Waals surface area contributed by atoms with Crippen LogP contribution >= 0.6 is 11.6 Å². The van der Waals surface area contributed by atoms with Crippen LogP contribution in [0.5, 0.6) is 0 Å². The van der Waals surface area contributed by atoms with E-state index in [1.165, 1.54) is 16.5 Å². The zero-order valence-corrected chi connectivity index (χ0v) is 10.3. The Hall–Kier alpha value is -1.34. The highest BCUT2D eigenvalue weighted by atomic mass is 35.5. The lowest BCUT2D eigenvalue weighted by molar-refractivity contribution is 0.0991. The highest BCUT2D eigenvalue weighted by molar-refractivity contribution is 6.20. The molecule has 86 valence electrons. The normalized spacial score (nSPS) is 13.2. The Morgan fingerprint density at radius 2 is 1.88 bits per heavy atom. The Labute approximate surface area is 105 Å². The van der Waals surface area contributed by atoms with E-state index in [-0.39, 0.29) is 5.78 Å². The minimum Gasteiger partial charge on any atom is -0.294 e. The van der Waals surface area contributed by atoms with E-state index < -0.39 is 0 Å². The maximum absolute atomic E-state index is 12.0. The number of hydrogen-bond acceptors (Lipinski definition) is 1. The van der Waals surface area contributed by atoms with Crippen LogP contribution in [0, 0.1) is 0 Å². The fraction of sp³-hybridized carbons (Fsp3) is 0.267. The Kier molecular flexibility index (Phi) is 2.64. The summed E-state index contributed by atoms with van der Waals surface area (Å²) in [7, 11) is 0. The molecule has 0 aliphatic heterocycles. The highest BCUT2D eigenvalue weighted by Crippen LogP contribution is 2.33. The number of rotatable bonds is 3. The van der Waals surface area contributed by atoms with Crippen LogP contribution in [0.15, 0.2) is 30.3 Å². The van der Waals surface area contributed by atoms with Crippen LogP contribution in [0.4, 0.5) is 0 Å². The van der Waals surface area contributed by atoms with Gasteiger partial charge in [0.1, 0.15) is 0 Å². The first-order valence-corrected chi connectivity index (χ1v) is 6.47. The summed E-state index contributed by atoms with van der Waals surface area (Å²) < 4.78 is 0. The quantitative estimate of drug-likeness (QED) is 0.594. The standard InChI is InChI=1S/C15H13ClO/c16-9-8-14(17)12-7-6-11-5-4-10-2-1-3-13(12)15(10)11/h1-3,6-7H,4-5,8-9H2. The van der Waals surface area contributed by atoms with Gasteiger partial charge in [-0.1, -0.05) is 30.3 Å². The van der Waals surface area contributed by atoms with Gasteiger partial charge in [-0.3, -0.25) is 4.79 Å². The molecule has 0 saturated carbocycles. The van der Waals surface area contributed by atoms with Crippen LogP contribution < -0.4 is 0 Å². The molecule has 0 unspecified atom stereocenters. The first kappa shape index (κ1) is 10.8. The van der Waals surface area contributed by atoms with Gasteiger partial charge in [-0.05, 0) is 34.7 Å². The number of hydrogen-bond donors (Lipinski definition) is 0. The molecule has 1 aliphatic rings. The molecule has 0 heterocycles. The second kappa shape index (κ2) is 4.15. The van der Waals surface area contributed by atoms with Gasteiger partial charge in [0.05, 0.1) is 0 Å². The maximum atomic E-state index is 12.0. The van der Waals surface area contributed by atoms with E-state index in [4.69, 9.17) is 11.6 Å². The molecule has 0 spiro atoms. The van der Waals surface area contributed by atoms with Gasteiger partial charge < -0.3 is 0 Å². The van der Waals surface area contributed by atoms with Crippen molar-refractivity contribution < 1.29 is 4.79 Å². The van der Waals surface area contributed by atoms with Gasteiger partial charge in [-0.2, -0.15) is 0 Å². The molecule has 1 nitrogen and oxygen atoms in total. The van der Waals surface area contributed by atoms with Crippen molar-refractivity contribution in [3.8, 4) is 0 Å². The topological polar surface area (TPSA) is 17.1 Å². The van der Waals surface area contributed by atoms with E-state index in [0.717, 1.165) is 23.8 Å². The number of aryl methyl sites for hydroxylation is 2. The lowest BCUT2D eigenvalue weighted by atomic mass is 9.97. The molecule has 0 N–H and O–H groups in total. The maximum Gasteiger partial charge on any atom is 0.164 e. The third kappa shape index (κ3) is 1.66. The Morgan fingerprint density at radius 1 is 1.12 bits per heavy atom. The fourth-order valence-corrected chi connectivity index (χ4v) is 2.88. The molecule has 0 fully saturated rings. The van der Waals surface area contributed by atoms with Crippen molar-refractivity contribution in [2.24, 2.45) is 0 Å². The molecular weight excluding hydrogens is 232 g/mol. The Bertz CT molecular complexity index is 591. The van der Waals surface area contributed by atoms with Crippen molar-refractivity contribution in [3.05, 3.63) is 47.0 Å². The molecule has 2 aromatic carbocycles. The van der Waals surface area contributed by atoms with Crippen molar-refractivity contribution in [1.29, 1.82) is 0 Å². The summed E-state index contributed by atoms with van der Waals surface area (Å²) in [4.78, 5) is 12.0. The lowest BCUT2D eigenvalue weighted by Gasteiger charge is -2.07. The molecule has 17 heavy (non-hydrogen) atoms. The molecule has 0 radical (unpaired) electrons. The highest BCUT2D eigenvalue weighted by Gasteiger charge is 2.18.